The van der Waals surface area contributed by atoms with Crippen LogP contribution in [0.15, 0.2) is 42.5 Å². The molecule has 0 aliphatic heterocycles. The smallest absolute Gasteiger partial charge is 0.165 e. The van der Waals surface area contributed by atoms with E-state index in [-0.39, 0.29) is 17.1 Å². The van der Waals surface area contributed by atoms with Crippen molar-refractivity contribution in [2.75, 3.05) is 0 Å². The first-order valence-corrected chi connectivity index (χ1v) is 6.81. The molecular formula is C17H19F2NO. The Hall–Kier alpha value is -1.94. The molecule has 0 saturated carbocycles. The number of nitrogens with one attached hydrogen (secondary N) is 1. The lowest BCUT2D eigenvalue weighted by Crippen LogP contribution is -2.35. The van der Waals surface area contributed by atoms with Crippen molar-refractivity contribution in [3.63, 3.8) is 0 Å². The van der Waals surface area contributed by atoms with E-state index in [0.717, 1.165) is 0 Å². The predicted octanol–water partition coefficient (Wildman–Crippen LogP) is 4.65. The van der Waals surface area contributed by atoms with Crippen LogP contribution in [0, 0.1) is 11.6 Å². The minimum Gasteiger partial charge on any atom is -0.454 e. The molecular weight excluding hydrogens is 272 g/mol. The van der Waals surface area contributed by atoms with Gasteiger partial charge in [0.2, 0.25) is 0 Å². The molecule has 0 spiro atoms. The summed E-state index contributed by atoms with van der Waals surface area (Å²) >= 11 is 0. The number of halogens is 2. The highest BCUT2D eigenvalue weighted by Crippen LogP contribution is 2.28. The maximum atomic E-state index is 13.6. The summed E-state index contributed by atoms with van der Waals surface area (Å²) in [5.74, 6) is -0.225. The van der Waals surface area contributed by atoms with E-state index < -0.39 is 5.82 Å². The fourth-order valence-corrected chi connectivity index (χ4v) is 1.79. The predicted molar refractivity (Wildman–Crippen MR) is 79.5 cm³/mol. The zero-order chi connectivity index (χ0) is 15.5. The molecule has 0 unspecified atom stereocenters. The first kappa shape index (κ1) is 15.4. The number of rotatable bonds is 4. The summed E-state index contributed by atoms with van der Waals surface area (Å²) < 4.78 is 32.7. The molecule has 21 heavy (non-hydrogen) atoms. The van der Waals surface area contributed by atoms with E-state index in [0.29, 0.717) is 17.9 Å². The Morgan fingerprint density at radius 2 is 1.71 bits per heavy atom. The molecule has 0 radical (unpaired) electrons. The minimum atomic E-state index is -0.448. The standard InChI is InChI=1S/C17H19F2NO/c1-17(2,3)20-11-12-10-13(18)8-9-15(12)21-16-7-5-4-6-14(16)19/h4-10,20H,11H2,1-3H3. The van der Waals surface area contributed by atoms with Crippen molar-refractivity contribution < 1.29 is 13.5 Å². The third-order valence-electron chi connectivity index (χ3n) is 2.89. The van der Waals surface area contributed by atoms with Crippen molar-refractivity contribution in [2.45, 2.75) is 32.9 Å². The summed E-state index contributed by atoms with van der Waals surface area (Å²) in [6.07, 6.45) is 0. The largest absolute Gasteiger partial charge is 0.454 e. The van der Waals surface area contributed by atoms with Crippen molar-refractivity contribution >= 4 is 0 Å². The molecule has 0 bridgehead atoms. The van der Waals surface area contributed by atoms with E-state index in [4.69, 9.17) is 4.74 Å². The highest BCUT2D eigenvalue weighted by molar-refractivity contribution is 5.38. The van der Waals surface area contributed by atoms with Crippen LogP contribution in [-0.2, 0) is 6.54 Å². The van der Waals surface area contributed by atoms with Gasteiger partial charge in [-0.1, -0.05) is 12.1 Å². The molecule has 112 valence electrons. The van der Waals surface area contributed by atoms with E-state index in [1.807, 2.05) is 20.8 Å². The number of para-hydroxylation sites is 1. The summed E-state index contributed by atoms with van der Waals surface area (Å²) in [4.78, 5) is 0. The van der Waals surface area contributed by atoms with Gasteiger partial charge in [-0.2, -0.15) is 0 Å². The second kappa shape index (κ2) is 6.22. The van der Waals surface area contributed by atoms with Gasteiger partial charge in [-0.15, -0.1) is 0 Å². The summed E-state index contributed by atoms with van der Waals surface area (Å²) in [7, 11) is 0. The Balaban J connectivity index is 2.25. The lowest BCUT2D eigenvalue weighted by molar-refractivity contribution is 0.406. The van der Waals surface area contributed by atoms with Crippen LogP contribution in [0.3, 0.4) is 0 Å². The van der Waals surface area contributed by atoms with Crippen molar-refractivity contribution in [3.8, 4) is 11.5 Å². The van der Waals surface area contributed by atoms with Crippen molar-refractivity contribution in [2.24, 2.45) is 0 Å². The van der Waals surface area contributed by atoms with Gasteiger partial charge >= 0.3 is 0 Å². The van der Waals surface area contributed by atoms with Gasteiger partial charge in [-0.05, 0) is 51.1 Å². The van der Waals surface area contributed by atoms with Crippen LogP contribution >= 0.6 is 0 Å². The Morgan fingerprint density at radius 3 is 2.38 bits per heavy atom. The molecule has 4 heteroatoms. The Bertz CT molecular complexity index is 620. The Labute approximate surface area is 123 Å². The van der Waals surface area contributed by atoms with Gasteiger partial charge < -0.3 is 10.1 Å². The maximum Gasteiger partial charge on any atom is 0.165 e. The van der Waals surface area contributed by atoms with E-state index >= 15 is 0 Å². The Morgan fingerprint density at radius 1 is 1.00 bits per heavy atom. The van der Waals surface area contributed by atoms with Gasteiger partial charge in [0.05, 0.1) is 0 Å². The lowest BCUT2D eigenvalue weighted by Gasteiger charge is -2.21. The quantitative estimate of drug-likeness (QED) is 0.885. The van der Waals surface area contributed by atoms with Crippen molar-refractivity contribution in [1.29, 1.82) is 0 Å². The molecule has 0 atom stereocenters. The van der Waals surface area contributed by atoms with Gasteiger partial charge in [-0.3, -0.25) is 0 Å². The summed E-state index contributed by atoms with van der Waals surface area (Å²) in [5, 5.41) is 3.27. The molecule has 0 fully saturated rings. The van der Waals surface area contributed by atoms with Crippen molar-refractivity contribution in [1.82, 2.24) is 5.32 Å². The van der Waals surface area contributed by atoms with Crippen LogP contribution in [0.1, 0.15) is 26.3 Å². The van der Waals surface area contributed by atoms with Gasteiger partial charge in [-0.25, -0.2) is 8.78 Å². The zero-order valence-corrected chi connectivity index (χ0v) is 12.4. The second-order valence-electron chi connectivity index (χ2n) is 5.89. The highest BCUT2D eigenvalue weighted by Gasteiger charge is 2.13. The summed E-state index contributed by atoms with van der Waals surface area (Å²) in [5.41, 5.74) is 0.537. The van der Waals surface area contributed by atoms with Gasteiger partial charge in [0, 0.05) is 17.6 Å². The maximum absolute atomic E-state index is 13.6. The molecule has 2 aromatic rings. The van der Waals surface area contributed by atoms with E-state index in [9.17, 15) is 8.78 Å². The fraction of sp³-hybridized carbons (Fsp3) is 0.294. The van der Waals surface area contributed by atoms with E-state index in [2.05, 4.69) is 5.32 Å². The molecule has 0 heterocycles. The van der Waals surface area contributed by atoms with Crippen molar-refractivity contribution in [3.05, 3.63) is 59.7 Å². The zero-order valence-electron chi connectivity index (χ0n) is 12.4. The average Bonchev–Trinajstić information content (AvgIpc) is 2.40. The SMILES string of the molecule is CC(C)(C)NCc1cc(F)ccc1Oc1ccccc1F. The third kappa shape index (κ3) is 4.53. The van der Waals surface area contributed by atoms with Crippen LogP contribution in [0.25, 0.3) is 0 Å². The number of benzene rings is 2. The Kier molecular flexibility index (Phi) is 4.58. The van der Waals surface area contributed by atoms with Crippen LogP contribution in [0.2, 0.25) is 0 Å². The number of ether oxygens (including phenoxy) is 1. The molecule has 2 nitrogen and oxygen atoms in total. The summed E-state index contributed by atoms with van der Waals surface area (Å²) in [6, 6.07) is 10.4. The van der Waals surface area contributed by atoms with E-state index in [1.165, 1.54) is 24.3 Å². The van der Waals surface area contributed by atoms with Crippen LogP contribution in [-0.4, -0.2) is 5.54 Å². The fourth-order valence-electron chi connectivity index (χ4n) is 1.79. The van der Waals surface area contributed by atoms with Gasteiger partial charge in [0.15, 0.2) is 11.6 Å². The molecule has 0 amide bonds. The molecule has 0 saturated heterocycles. The molecule has 0 aromatic heterocycles. The van der Waals surface area contributed by atoms with Crippen LogP contribution in [0.4, 0.5) is 8.78 Å². The van der Waals surface area contributed by atoms with Gasteiger partial charge in [0.25, 0.3) is 0 Å². The first-order valence-electron chi connectivity index (χ1n) is 6.81. The molecule has 0 aliphatic carbocycles. The summed E-state index contributed by atoms with van der Waals surface area (Å²) in [6.45, 7) is 6.49. The first-order chi connectivity index (χ1) is 9.85. The van der Waals surface area contributed by atoms with Crippen LogP contribution < -0.4 is 10.1 Å². The third-order valence-corrected chi connectivity index (χ3v) is 2.89. The van der Waals surface area contributed by atoms with Crippen LogP contribution in [0.5, 0.6) is 11.5 Å². The number of hydrogen-bond donors (Lipinski definition) is 1. The van der Waals surface area contributed by atoms with Gasteiger partial charge in [0.1, 0.15) is 11.6 Å². The normalized spacial score (nSPS) is 11.5. The lowest BCUT2D eigenvalue weighted by atomic mass is 10.1. The molecule has 2 aromatic carbocycles. The topological polar surface area (TPSA) is 21.3 Å². The molecule has 0 aliphatic rings. The average molecular weight is 291 g/mol. The number of hydrogen-bond acceptors (Lipinski definition) is 2. The highest BCUT2D eigenvalue weighted by atomic mass is 19.1. The minimum absolute atomic E-state index is 0.110. The molecule has 2 rings (SSSR count). The van der Waals surface area contributed by atoms with E-state index in [1.54, 1.807) is 18.2 Å². The monoisotopic (exact) mass is 291 g/mol. The second-order valence-corrected chi connectivity index (χ2v) is 5.89. The molecule has 1 N–H and O–H groups in total.